The van der Waals surface area contributed by atoms with Crippen molar-refractivity contribution in [1.29, 1.82) is 0 Å². The van der Waals surface area contributed by atoms with Gasteiger partial charge in [-0.25, -0.2) is 0 Å². The number of hydrogen-bond donors (Lipinski definition) is 0. The maximum atomic E-state index is 12.8. The van der Waals surface area contributed by atoms with Crippen molar-refractivity contribution >= 4 is 11.6 Å². The molecule has 0 saturated heterocycles. The van der Waals surface area contributed by atoms with Crippen LogP contribution in [0.5, 0.6) is 0 Å². The molecule has 4 aliphatic rings. The minimum Gasteiger partial charge on any atom is -0.299 e. The summed E-state index contributed by atoms with van der Waals surface area (Å²) in [5.74, 6) is 2.93. The Balaban J connectivity index is 1.61. The lowest BCUT2D eigenvalue weighted by Gasteiger charge is -2.58. The van der Waals surface area contributed by atoms with Crippen molar-refractivity contribution in [2.45, 2.75) is 107 Å². The zero-order valence-electron chi connectivity index (χ0n) is 21.9. The van der Waals surface area contributed by atoms with Crippen molar-refractivity contribution in [2.75, 3.05) is 0 Å². The molecule has 0 aliphatic heterocycles. The van der Waals surface area contributed by atoms with E-state index >= 15 is 0 Å². The van der Waals surface area contributed by atoms with E-state index in [1.165, 1.54) is 12.8 Å². The zero-order valence-corrected chi connectivity index (χ0v) is 21.9. The Morgan fingerprint density at radius 2 is 1.03 bits per heavy atom. The maximum Gasteiger partial charge on any atom is 0.138 e. The Kier molecular flexibility index (Phi) is 5.74. The van der Waals surface area contributed by atoms with Crippen LogP contribution in [0.15, 0.2) is 23.3 Å². The van der Waals surface area contributed by atoms with Crippen molar-refractivity contribution in [3.8, 4) is 0 Å². The summed E-state index contributed by atoms with van der Waals surface area (Å²) in [6.07, 6.45) is 13.0. The molecular weight excluding hydrogens is 392 g/mol. The van der Waals surface area contributed by atoms with Gasteiger partial charge in [0.05, 0.1) is 0 Å². The van der Waals surface area contributed by atoms with E-state index in [1.54, 1.807) is 11.1 Å². The molecule has 4 rings (SSSR count). The van der Waals surface area contributed by atoms with Crippen molar-refractivity contribution in [2.24, 2.45) is 45.3 Å². The number of allylic oxidation sites excluding steroid dienone is 4. The molecule has 2 nitrogen and oxygen atoms in total. The number of ketones is 2. The van der Waals surface area contributed by atoms with Crippen LogP contribution in [0.1, 0.15) is 107 Å². The van der Waals surface area contributed by atoms with Crippen molar-refractivity contribution in [3.05, 3.63) is 23.3 Å². The second-order valence-electron chi connectivity index (χ2n) is 13.5. The highest BCUT2D eigenvalue weighted by molar-refractivity contribution is 5.86. The molecule has 0 bridgehead atoms. The standard InChI is InChI=1S/C30H46O2/c1-19-9-13-23-27(3,4)25(31)15-17-29(23,7)21(19)11-12-22-20(2)10-14-24-28(5,6)26(32)16-18-30(22,24)8/h9-10,21-24H,11-18H2,1-8H3/t21-,22+,23-,24-,29+,30+/m0/s1. The molecule has 0 heterocycles. The molecule has 0 aromatic carbocycles. The van der Waals surface area contributed by atoms with Gasteiger partial charge < -0.3 is 0 Å². The van der Waals surface area contributed by atoms with E-state index in [0.717, 1.165) is 38.5 Å². The molecule has 6 atom stereocenters. The van der Waals surface area contributed by atoms with Gasteiger partial charge in [0.25, 0.3) is 0 Å². The first-order valence-corrected chi connectivity index (χ1v) is 13.2. The van der Waals surface area contributed by atoms with Crippen LogP contribution in [-0.4, -0.2) is 11.6 Å². The predicted molar refractivity (Wildman–Crippen MR) is 132 cm³/mol. The van der Waals surface area contributed by atoms with Gasteiger partial charge in [-0.1, -0.05) is 64.8 Å². The zero-order chi connectivity index (χ0) is 23.7. The summed E-state index contributed by atoms with van der Waals surface area (Å²) in [5.41, 5.74) is 3.09. The Bertz CT molecular complexity index is 799. The predicted octanol–water partition coefficient (Wildman–Crippen LogP) is 7.72. The number of Topliss-reactive ketones (excluding diaryl/α,β-unsaturated/α-hetero) is 2. The first-order chi connectivity index (χ1) is 14.8. The summed E-state index contributed by atoms with van der Waals surface area (Å²) in [5, 5.41) is 0. The minimum absolute atomic E-state index is 0.213. The fourth-order valence-corrected chi connectivity index (χ4v) is 9.14. The smallest absolute Gasteiger partial charge is 0.138 e. The highest BCUT2D eigenvalue weighted by atomic mass is 16.1. The Morgan fingerprint density at radius 3 is 1.38 bits per heavy atom. The highest BCUT2D eigenvalue weighted by Gasteiger charge is 2.57. The van der Waals surface area contributed by atoms with Gasteiger partial charge in [0.15, 0.2) is 0 Å². The summed E-state index contributed by atoms with van der Waals surface area (Å²) in [6.45, 7) is 18.5. The summed E-state index contributed by atoms with van der Waals surface area (Å²) in [6, 6.07) is 0. The van der Waals surface area contributed by atoms with Gasteiger partial charge in [-0.2, -0.15) is 0 Å². The second-order valence-corrected chi connectivity index (χ2v) is 13.5. The van der Waals surface area contributed by atoms with Crippen LogP contribution >= 0.6 is 0 Å². The van der Waals surface area contributed by atoms with Crippen molar-refractivity contribution in [1.82, 2.24) is 0 Å². The maximum absolute atomic E-state index is 12.8. The molecule has 4 aliphatic carbocycles. The Morgan fingerprint density at radius 1 is 0.688 bits per heavy atom. The number of carbonyl (C=O) groups is 2. The van der Waals surface area contributed by atoms with Crippen LogP contribution in [0.25, 0.3) is 0 Å². The molecule has 2 heteroatoms. The molecule has 2 saturated carbocycles. The fourth-order valence-electron chi connectivity index (χ4n) is 9.14. The lowest BCUT2D eigenvalue weighted by atomic mass is 9.46. The van der Waals surface area contributed by atoms with Gasteiger partial charge in [-0.05, 0) is 86.9 Å². The van der Waals surface area contributed by atoms with Crippen molar-refractivity contribution in [3.63, 3.8) is 0 Å². The number of carbonyl (C=O) groups excluding carboxylic acids is 2. The molecule has 0 radical (unpaired) electrons. The van der Waals surface area contributed by atoms with Crippen LogP contribution < -0.4 is 0 Å². The molecule has 0 amide bonds. The van der Waals surface area contributed by atoms with E-state index < -0.39 is 0 Å². The van der Waals surface area contributed by atoms with Gasteiger partial charge in [-0.15, -0.1) is 0 Å². The number of fused-ring (bicyclic) bond motifs is 2. The topological polar surface area (TPSA) is 34.1 Å². The summed E-state index contributed by atoms with van der Waals surface area (Å²) in [7, 11) is 0. The molecular formula is C30H46O2. The second kappa shape index (κ2) is 7.67. The Hall–Kier alpha value is -1.18. The van der Waals surface area contributed by atoms with E-state index in [1.807, 2.05) is 0 Å². The molecule has 0 spiro atoms. The quantitative estimate of drug-likeness (QED) is 0.423. The molecule has 0 unspecified atom stereocenters. The van der Waals surface area contributed by atoms with Crippen LogP contribution in [0.4, 0.5) is 0 Å². The molecule has 32 heavy (non-hydrogen) atoms. The highest BCUT2D eigenvalue weighted by Crippen LogP contribution is 2.62. The van der Waals surface area contributed by atoms with Gasteiger partial charge in [-0.3, -0.25) is 9.59 Å². The largest absolute Gasteiger partial charge is 0.299 e. The van der Waals surface area contributed by atoms with E-state index in [4.69, 9.17) is 0 Å². The first-order valence-electron chi connectivity index (χ1n) is 13.2. The normalized spacial score (nSPS) is 43.1. The van der Waals surface area contributed by atoms with Crippen LogP contribution in [0.2, 0.25) is 0 Å². The van der Waals surface area contributed by atoms with Crippen LogP contribution in [0.3, 0.4) is 0 Å². The first kappa shape index (κ1) is 24.0. The summed E-state index contributed by atoms with van der Waals surface area (Å²) in [4.78, 5) is 25.6. The number of rotatable bonds is 3. The van der Waals surface area contributed by atoms with Crippen molar-refractivity contribution < 1.29 is 9.59 Å². The summed E-state index contributed by atoms with van der Waals surface area (Å²) < 4.78 is 0. The SMILES string of the molecule is CC1=CC[C@H]2C(C)(C)C(=O)CC[C@]2(C)[C@@H]1CC[C@H]1C(C)=CC[C@H]2C(C)(C)C(=O)CC[C@]12C. The molecule has 0 aromatic rings. The number of hydrogen-bond acceptors (Lipinski definition) is 2. The minimum atomic E-state index is -0.214. The van der Waals surface area contributed by atoms with E-state index in [9.17, 15) is 9.59 Å². The van der Waals surface area contributed by atoms with Crippen LogP contribution in [-0.2, 0) is 9.59 Å². The van der Waals surface area contributed by atoms with E-state index in [2.05, 4.69) is 67.5 Å². The molecule has 0 N–H and O–H groups in total. The van der Waals surface area contributed by atoms with Crippen LogP contribution in [0, 0.1) is 45.3 Å². The third-order valence-corrected chi connectivity index (χ3v) is 11.3. The van der Waals surface area contributed by atoms with E-state index in [0.29, 0.717) is 35.2 Å². The lowest BCUT2D eigenvalue weighted by Crippen LogP contribution is -2.53. The van der Waals surface area contributed by atoms with Gasteiger partial charge >= 0.3 is 0 Å². The molecule has 178 valence electrons. The van der Waals surface area contributed by atoms with E-state index in [-0.39, 0.29) is 21.7 Å². The van der Waals surface area contributed by atoms with Gasteiger partial charge in [0, 0.05) is 23.7 Å². The van der Waals surface area contributed by atoms with Gasteiger partial charge in [0.2, 0.25) is 0 Å². The van der Waals surface area contributed by atoms with Gasteiger partial charge in [0.1, 0.15) is 11.6 Å². The molecule has 0 aromatic heterocycles. The monoisotopic (exact) mass is 438 g/mol. The Labute approximate surface area is 196 Å². The third kappa shape index (κ3) is 3.33. The fraction of sp³-hybridized carbons (Fsp3) is 0.800. The third-order valence-electron chi connectivity index (χ3n) is 11.3. The lowest BCUT2D eigenvalue weighted by molar-refractivity contribution is -0.145. The average molecular weight is 439 g/mol. The summed E-state index contributed by atoms with van der Waals surface area (Å²) >= 11 is 0. The average Bonchev–Trinajstić information content (AvgIpc) is 2.69. The molecule has 2 fully saturated rings.